The zero-order valence-electron chi connectivity index (χ0n) is 48.7. The fourth-order valence-electron chi connectivity index (χ4n) is 7.07. The minimum absolute atomic E-state index is 0.0491. The number of carboxylic acid groups (broad SMARTS) is 1. The van der Waals surface area contributed by atoms with Crippen molar-refractivity contribution in [2.24, 2.45) is 0 Å². The average Bonchev–Trinajstić information content (AvgIpc) is 3.40. The molecule has 0 amide bonds. The van der Waals surface area contributed by atoms with Crippen molar-refractivity contribution < 1.29 is 42.9 Å². The van der Waals surface area contributed by atoms with Crippen molar-refractivity contribution >= 4 is 17.9 Å². The SMILES string of the molecule is CC/C=C\C/C=C\C/C=C\C/C=C\C/C=C\C/C=C\C/C=C\C/C=C\C/C=C\CCCCCCCCCCCC(=O)OC(COC(=O)C/C=C\C/C=C\C/C=C\C/C=C\C/C=C\CC)COC(OCC[N+](C)(C)C)C(=O)[O-]. The Morgan fingerprint density at radius 3 is 1.10 bits per heavy atom. The summed E-state index contributed by atoms with van der Waals surface area (Å²) in [6.45, 7) is 4.36. The Labute approximate surface area is 469 Å². The van der Waals surface area contributed by atoms with E-state index in [0.717, 1.165) is 109 Å². The first-order valence-electron chi connectivity index (χ1n) is 29.3. The van der Waals surface area contributed by atoms with E-state index in [9.17, 15) is 19.5 Å². The first-order valence-corrected chi connectivity index (χ1v) is 29.3. The van der Waals surface area contributed by atoms with E-state index in [2.05, 4.69) is 166 Å². The Kier molecular flexibility index (Phi) is 52.9. The summed E-state index contributed by atoms with van der Waals surface area (Å²) < 4.78 is 22.5. The zero-order valence-corrected chi connectivity index (χ0v) is 48.7. The van der Waals surface area contributed by atoms with Crippen LogP contribution in [0, 0.1) is 0 Å². The van der Waals surface area contributed by atoms with Crippen LogP contribution in [0.25, 0.3) is 0 Å². The second-order valence-corrected chi connectivity index (χ2v) is 19.8. The molecular weight excluding hydrogens is 959 g/mol. The predicted molar refractivity (Wildman–Crippen MR) is 324 cm³/mol. The lowest BCUT2D eigenvalue weighted by atomic mass is 10.1. The number of allylic oxidation sites excluding steroid dienone is 27. The van der Waals surface area contributed by atoms with E-state index >= 15 is 0 Å². The quantitative estimate of drug-likeness (QED) is 0.0195. The van der Waals surface area contributed by atoms with Crippen molar-refractivity contribution in [1.29, 1.82) is 0 Å². The molecule has 0 aliphatic carbocycles. The van der Waals surface area contributed by atoms with Gasteiger partial charge in [-0.1, -0.05) is 229 Å². The first-order chi connectivity index (χ1) is 37.6. The van der Waals surface area contributed by atoms with Crippen LogP contribution in [0.5, 0.6) is 0 Å². The van der Waals surface area contributed by atoms with Crippen LogP contribution in [-0.4, -0.2) is 82.3 Å². The minimum Gasteiger partial charge on any atom is -0.545 e. The molecule has 0 aromatic carbocycles. The van der Waals surface area contributed by atoms with E-state index in [1.165, 1.54) is 32.1 Å². The van der Waals surface area contributed by atoms with Gasteiger partial charge in [0.25, 0.3) is 0 Å². The summed E-state index contributed by atoms with van der Waals surface area (Å²) >= 11 is 0. The summed E-state index contributed by atoms with van der Waals surface area (Å²) in [5, 5.41) is 11.8. The van der Waals surface area contributed by atoms with Gasteiger partial charge in [0.05, 0.1) is 46.7 Å². The number of carbonyl (C=O) groups is 3. The Hall–Kier alpha value is -5.35. The van der Waals surface area contributed by atoms with Crippen LogP contribution in [0.3, 0.4) is 0 Å². The molecule has 430 valence electrons. The molecule has 0 fully saturated rings. The second kappa shape index (κ2) is 56.8. The van der Waals surface area contributed by atoms with Gasteiger partial charge in [0.15, 0.2) is 12.4 Å². The molecule has 0 N–H and O–H groups in total. The molecule has 0 saturated carbocycles. The van der Waals surface area contributed by atoms with Crippen LogP contribution in [0.15, 0.2) is 170 Å². The number of carbonyl (C=O) groups excluding carboxylic acids is 3. The van der Waals surface area contributed by atoms with E-state index in [1.807, 2.05) is 33.3 Å². The number of carboxylic acids is 1. The normalized spacial score (nSPS) is 14.0. The Bertz CT molecular complexity index is 1860. The monoisotopic (exact) mass is 1060 g/mol. The van der Waals surface area contributed by atoms with Gasteiger partial charge in [-0.05, 0) is 109 Å². The molecule has 77 heavy (non-hydrogen) atoms. The van der Waals surface area contributed by atoms with Crippen molar-refractivity contribution in [2.75, 3.05) is 47.5 Å². The van der Waals surface area contributed by atoms with Gasteiger partial charge in [0, 0.05) is 6.42 Å². The molecule has 0 rings (SSSR count). The van der Waals surface area contributed by atoms with Crippen LogP contribution in [-0.2, 0) is 33.3 Å². The third kappa shape index (κ3) is 58.2. The molecule has 0 aliphatic rings. The van der Waals surface area contributed by atoms with Gasteiger partial charge in [0.1, 0.15) is 13.2 Å². The maximum absolute atomic E-state index is 12.8. The molecule has 0 saturated heterocycles. The summed E-state index contributed by atoms with van der Waals surface area (Å²) in [5.41, 5.74) is 0. The molecule has 0 spiro atoms. The highest BCUT2D eigenvalue weighted by Gasteiger charge is 2.21. The number of likely N-dealkylation sites (N-methyl/N-ethyl adjacent to an activating group) is 1. The molecule has 0 aliphatic heterocycles. The number of ether oxygens (including phenoxy) is 4. The Balaban J connectivity index is 4.28. The van der Waals surface area contributed by atoms with Crippen LogP contribution in [0.4, 0.5) is 0 Å². The van der Waals surface area contributed by atoms with Crippen molar-refractivity contribution in [2.45, 2.75) is 193 Å². The van der Waals surface area contributed by atoms with Crippen molar-refractivity contribution in [1.82, 2.24) is 0 Å². The Morgan fingerprint density at radius 2 is 0.740 bits per heavy atom. The number of aliphatic carboxylic acids is 1. The van der Waals surface area contributed by atoms with Crippen molar-refractivity contribution in [3.8, 4) is 0 Å². The number of quaternary nitrogens is 1. The first kappa shape index (κ1) is 71.7. The van der Waals surface area contributed by atoms with Gasteiger partial charge in [-0.2, -0.15) is 0 Å². The highest BCUT2D eigenvalue weighted by atomic mass is 16.7. The lowest BCUT2D eigenvalue weighted by Crippen LogP contribution is -2.44. The van der Waals surface area contributed by atoms with E-state index in [1.54, 1.807) is 6.08 Å². The minimum atomic E-state index is -1.65. The highest BCUT2D eigenvalue weighted by Crippen LogP contribution is 2.13. The van der Waals surface area contributed by atoms with Crippen molar-refractivity contribution in [3.63, 3.8) is 0 Å². The number of hydrogen-bond donors (Lipinski definition) is 0. The second-order valence-electron chi connectivity index (χ2n) is 19.8. The molecule has 0 radical (unpaired) electrons. The lowest BCUT2D eigenvalue weighted by molar-refractivity contribution is -0.870. The molecule has 0 heterocycles. The van der Waals surface area contributed by atoms with E-state index in [4.69, 9.17) is 18.9 Å². The molecule has 0 aromatic heterocycles. The summed E-state index contributed by atoms with van der Waals surface area (Å²) in [5.74, 6) is -2.48. The van der Waals surface area contributed by atoms with Crippen LogP contribution in [0.2, 0.25) is 0 Å². The fraction of sp³-hybridized carbons (Fsp3) is 0.544. The topological polar surface area (TPSA) is 111 Å². The maximum Gasteiger partial charge on any atom is 0.309 e. The zero-order chi connectivity index (χ0) is 56.2. The number of esters is 2. The van der Waals surface area contributed by atoms with Gasteiger partial charge < -0.3 is 33.3 Å². The van der Waals surface area contributed by atoms with Gasteiger partial charge in [-0.25, -0.2) is 0 Å². The summed E-state index contributed by atoms with van der Waals surface area (Å²) in [7, 11) is 5.88. The van der Waals surface area contributed by atoms with Crippen molar-refractivity contribution in [3.05, 3.63) is 170 Å². The van der Waals surface area contributed by atoms with E-state index < -0.39 is 30.3 Å². The van der Waals surface area contributed by atoms with Crippen LogP contribution in [0.1, 0.15) is 181 Å². The number of unbranched alkanes of at least 4 members (excludes halogenated alkanes) is 9. The molecule has 0 bridgehead atoms. The maximum atomic E-state index is 12.8. The molecule has 9 nitrogen and oxygen atoms in total. The van der Waals surface area contributed by atoms with Gasteiger partial charge in [-0.3, -0.25) is 9.59 Å². The number of nitrogens with zero attached hydrogens (tertiary/aromatic N) is 1. The van der Waals surface area contributed by atoms with Gasteiger partial charge in [0.2, 0.25) is 0 Å². The molecule has 9 heteroatoms. The third-order valence-corrected chi connectivity index (χ3v) is 11.5. The summed E-state index contributed by atoms with van der Waals surface area (Å²) in [6.07, 6.45) is 83.0. The number of hydrogen-bond acceptors (Lipinski definition) is 8. The molecule has 2 atom stereocenters. The standard InChI is InChI=1S/C68H105NO8/c1-6-8-10-12-14-16-18-20-22-23-24-25-26-27-28-29-30-31-32-33-34-35-36-37-38-39-40-41-42-43-45-47-49-51-53-55-57-59-66(71)77-64(63-76-68(67(72)73)74-61-60-69(3,4)5)62-75-65(70)58-56-54-52-50-48-46-44-21-19-17-15-13-11-9-7-2/h8-11,14-17,20-22,24-25,27-28,30-31,33-34,36-37,39-40,44,48,50,54,56,64,68H,6-7,12-13,18-19,23,26,29,32,35,38,41-43,45-47,49,51-53,55,57-63H2,1-5H3/b10-8-,11-9-,16-14-,17-15-,22-20-,25-24-,28-27-,31-30-,34-33-,37-36-,40-39-,44-21-,50-48-,56-54-. The molecular formula is C68H105NO8. The smallest absolute Gasteiger partial charge is 0.309 e. The average molecular weight is 1060 g/mol. The third-order valence-electron chi connectivity index (χ3n) is 11.5. The molecule has 0 aromatic rings. The van der Waals surface area contributed by atoms with E-state index in [0.29, 0.717) is 23.9 Å². The summed E-state index contributed by atoms with van der Waals surface area (Å²) in [4.78, 5) is 37.2. The Morgan fingerprint density at radius 1 is 0.403 bits per heavy atom. The lowest BCUT2D eigenvalue weighted by Gasteiger charge is -2.26. The van der Waals surface area contributed by atoms with E-state index in [-0.39, 0.29) is 32.7 Å². The number of rotatable bonds is 51. The van der Waals surface area contributed by atoms with Crippen LogP contribution >= 0.6 is 0 Å². The predicted octanol–water partition coefficient (Wildman–Crippen LogP) is 16.2. The highest BCUT2D eigenvalue weighted by molar-refractivity contribution is 5.71. The fourth-order valence-corrected chi connectivity index (χ4v) is 7.07. The van der Waals surface area contributed by atoms with Gasteiger partial charge >= 0.3 is 11.9 Å². The summed E-state index contributed by atoms with van der Waals surface area (Å²) in [6, 6.07) is 0. The van der Waals surface area contributed by atoms with Gasteiger partial charge in [-0.15, -0.1) is 0 Å². The molecule has 2 unspecified atom stereocenters. The van der Waals surface area contributed by atoms with Crippen LogP contribution < -0.4 is 5.11 Å². The largest absolute Gasteiger partial charge is 0.545 e.